The van der Waals surface area contributed by atoms with E-state index in [4.69, 9.17) is 9.47 Å². The third-order valence-corrected chi connectivity index (χ3v) is 4.09. The van der Waals surface area contributed by atoms with Crippen LogP contribution in [-0.2, 0) is 9.47 Å². The van der Waals surface area contributed by atoms with E-state index in [1.165, 1.54) is 38.5 Å². The summed E-state index contributed by atoms with van der Waals surface area (Å²) < 4.78 is 10.3. The third kappa shape index (κ3) is 6.89. The van der Waals surface area contributed by atoms with Crippen LogP contribution >= 0.6 is 0 Å². The molecule has 0 aromatic heterocycles. The average Bonchev–Trinajstić information content (AvgIpc) is 2.76. The predicted molar refractivity (Wildman–Crippen MR) is 82.3 cm³/mol. The number of aliphatic hydroxyl groups is 4. The average molecular weight is 320 g/mol. The number of aliphatic hydroxyl groups excluding tert-OH is 4. The van der Waals surface area contributed by atoms with Crippen molar-refractivity contribution in [3.05, 3.63) is 0 Å². The summed E-state index contributed by atoms with van der Waals surface area (Å²) in [7, 11) is 0. The molecule has 0 aromatic rings. The summed E-state index contributed by atoms with van der Waals surface area (Å²) in [6.45, 7) is 2.79. The lowest BCUT2D eigenvalue weighted by molar-refractivity contribution is -0.153. The van der Waals surface area contributed by atoms with Crippen molar-refractivity contribution in [3.63, 3.8) is 0 Å². The second-order valence-corrected chi connectivity index (χ2v) is 6.09. The highest BCUT2D eigenvalue weighted by molar-refractivity contribution is 4.89. The Bertz CT molecular complexity index is 275. The minimum absolute atomic E-state index is 0.0255. The molecule has 0 aliphatic carbocycles. The fourth-order valence-corrected chi connectivity index (χ4v) is 2.64. The largest absolute Gasteiger partial charge is 0.388 e. The Hall–Kier alpha value is -0.240. The number of rotatable bonds is 12. The van der Waals surface area contributed by atoms with E-state index in [-0.39, 0.29) is 6.61 Å². The first-order valence-electron chi connectivity index (χ1n) is 8.53. The van der Waals surface area contributed by atoms with Gasteiger partial charge in [0.05, 0.1) is 6.61 Å². The number of hydrogen-bond donors (Lipinski definition) is 4. The second-order valence-electron chi connectivity index (χ2n) is 6.09. The summed E-state index contributed by atoms with van der Waals surface area (Å²) in [4.78, 5) is 0. The highest BCUT2D eigenvalue weighted by atomic mass is 16.7. The van der Waals surface area contributed by atoms with Crippen molar-refractivity contribution in [1.29, 1.82) is 0 Å². The molecule has 0 aromatic carbocycles. The van der Waals surface area contributed by atoms with Crippen LogP contribution < -0.4 is 0 Å². The molecule has 22 heavy (non-hydrogen) atoms. The van der Waals surface area contributed by atoms with Gasteiger partial charge in [-0.05, 0) is 6.42 Å². The van der Waals surface area contributed by atoms with Gasteiger partial charge >= 0.3 is 0 Å². The fraction of sp³-hybridized carbons (Fsp3) is 1.00. The van der Waals surface area contributed by atoms with Crippen molar-refractivity contribution in [3.8, 4) is 0 Å². The molecule has 0 spiro atoms. The molecule has 0 unspecified atom stereocenters. The minimum atomic E-state index is -1.46. The molecule has 0 radical (unpaired) electrons. The van der Waals surface area contributed by atoms with Gasteiger partial charge in [-0.25, -0.2) is 0 Å². The van der Waals surface area contributed by atoms with Crippen LogP contribution in [0.2, 0.25) is 0 Å². The maximum absolute atomic E-state index is 9.85. The van der Waals surface area contributed by atoms with Crippen molar-refractivity contribution < 1.29 is 29.9 Å². The maximum Gasteiger partial charge on any atom is 0.184 e. The molecule has 1 fully saturated rings. The molecule has 1 heterocycles. The van der Waals surface area contributed by atoms with Gasteiger partial charge in [0.15, 0.2) is 6.29 Å². The Labute approximate surface area is 133 Å². The first-order valence-corrected chi connectivity index (χ1v) is 8.53. The van der Waals surface area contributed by atoms with Crippen LogP contribution in [-0.4, -0.2) is 64.3 Å². The van der Waals surface area contributed by atoms with Crippen LogP contribution in [0.5, 0.6) is 0 Å². The molecule has 6 heteroatoms. The van der Waals surface area contributed by atoms with Crippen molar-refractivity contribution >= 4 is 0 Å². The Morgan fingerprint density at radius 1 is 0.909 bits per heavy atom. The first kappa shape index (κ1) is 19.8. The molecule has 0 amide bonds. The summed E-state index contributed by atoms with van der Waals surface area (Å²) in [5.74, 6) is 0. The van der Waals surface area contributed by atoms with Crippen LogP contribution in [0.4, 0.5) is 0 Å². The number of hydrogen-bond acceptors (Lipinski definition) is 6. The Kier molecular flexibility index (Phi) is 10.2. The molecule has 1 saturated heterocycles. The van der Waals surface area contributed by atoms with Crippen LogP contribution in [0.1, 0.15) is 58.3 Å². The molecular weight excluding hydrogens is 288 g/mol. The van der Waals surface area contributed by atoms with Crippen LogP contribution in [0, 0.1) is 0 Å². The SMILES string of the molecule is CCCCCCCCCCOC[C@H](O)[C@@H]1O[C@H](O)[C@H](O)[C@H]1O. The van der Waals surface area contributed by atoms with E-state index >= 15 is 0 Å². The summed E-state index contributed by atoms with van der Waals surface area (Å²) in [5.41, 5.74) is 0. The molecule has 4 N–H and O–H groups in total. The Balaban J connectivity index is 1.96. The van der Waals surface area contributed by atoms with E-state index in [1.807, 2.05) is 0 Å². The minimum Gasteiger partial charge on any atom is -0.388 e. The molecule has 0 saturated carbocycles. The zero-order valence-corrected chi connectivity index (χ0v) is 13.6. The highest BCUT2D eigenvalue weighted by Crippen LogP contribution is 2.22. The lowest BCUT2D eigenvalue weighted by Crippen LogP contribution is -2.41. The molecule has 5 atom stereocenters. The van der Waals surface area contributed by atoms with E-state index in [2.05, 4.69) is 6.92 Å². The highest BCUT2D eigenvalue weighted by Gasteiger charge is 2.45. The fourth-order valence-electron chi connectivity index (χ4n) is 2.64. The molecule has 132 valence electrons. The monoisotopic (exact) mass is 320 g/mol. The molecule has 0 bridgehead atoms. The maximum atomic E-state index is 9.85. The molecule has 1 aliphatic heterocycles. The smallest absolute Gasteiger partial charge is 0.184 e. The normalized spacial score (nSPS) is 29.9. The Morgan fingerprint density at radius 2 is 1.50 bits per heavy atom. The van der Waals surface area contributed by atoms with Gasteiger partial charge in [-0.15, -0.1) is 0 Å². The zero-order valence-electron chi connectivity index (χ0n) is 13.6. The topological polar surface area (TPSA) is 99.4 Å². The lowest BCUT2D eigenvalue weighted by atomic mass is 10.1. The zero-order chi connectivity index (χ0) is 16.4. The van der Waals surface area contributed by atoms with Gasteiger partial charge in [0.1, 0.15) is 24.4 Å². The molecule has 1 rings (SSSR count). The van der Waals surface area contributed by atoms with E-state index in [0.717, 1.165) is 12.8 Å². The summed E-state index contributed by atoms with van der Waals surface area (Å²) in [6, 6.07) is 0. The number of ether oxygens (including phenoxy) is 2. The van der Waals surface area contributed by atoms with Gasteiger partial charge in [-0.2, -0.15) is 0 Å². The van der Waals surface area contributed by atoms with Gasteiger partial charge in [0.2, 0.25) is 0 Å². The van der Waals surface area contributed by atoms with Crippen molar-refractivity contribution in [2.75, 3.05) is 13.2 Å². The molecular formula is C16H32O6. The standard InChI is InChI=1S/C16H32O6/c1-2-3-4-5-6-7-8-9-10-21-11-12(17)15-13(18)14(19)16(20)22-15/h12-20H,2-11H2,1H3/t12-,13+,14+,15-,16-/m0/s1. The predicted octanol–water partition coefficient (Wildman–Crippen LogP) is 0.944. The molecule has 6 nitrogen and oxygen atoms in total. The van der Waals surface area contributed by atoms with E-state index in [0.29, 0.717) is 6.61 Å². The van der Waals surface area contributed by atoms with Gasteiger partial charge in [0.25, 0.3) is 0 Å². The van der Waals surface area contributed by atoms with E-state index in [9.17, 15) is 20.4 Å². The van der Waals surface area contributed by atoms with Crippen LogP contribution in [0.3, 0.4) is 0 Å². The van der Waals surface area contributed by atoms with Gasteiger partial charge in [0, 0.05) is 6.61 Å². The summed E-state index contributed by atoms with van der Waals surface area (Å²) in [5, 5.41) is 38.1. The van der Waals surface area contributed by atoms with Gasteiger partial charge < -0.3 is 29.9 Å². The van der Waals surface area contributed by atoms with Crippen molar-refractivity contribution in [2.24, 2.45) is 0 Å². The number of unbranched alkanes of at least 4 members (excludes halogenated alkanes) is 7. The lowest BCUT2D eigenvalue weighted by Gasteiger charge is -2.20. The quantitative estimate of drug-likeness (QED) is 0.400. The second kappa shape index (κ2) is 11.3. The van der Waals surface area contributed by atoms with Crippen LogP contribution in [0.15, 0.2) is 0 Å². The van der Waals surface area contributed by atoms with Gasteiger partial charge in [-0.3, -0.25) is 0 Å². The van der Waals surface area contributed by atoms with Crippen molar-refractivity contribution in [2.45, 2.75) is 89.0 Å². The van der Waals surface area contributed by atoms with E-state index < -0.39 is 30.7 Å². The third-order valence-electron chi connectivity index (χ3n) is 4.09. The molecule has 1 aliphatic rings. The van der Waals surface area contributed by atoms with E-state index in [1.54, 1.807) is 0 Å². The Morgan fingerprint density at radius 3 is 2.05 bits per heavy atom. The van der Waals surface area contributed by atoms with Crippen LogP contribution in [0.25, 0.3) is 0 Å². The first-order chi connectivity index (χ1) is 10.6. The summed E-state index contributed by atoms with van der Waals surface area (Å²) in [6.07, 6.45) is 3.53. The van der Waals surface area contributed by atoms with Gasteiger partial charge in [-0.1, -0.05) is 51.9 Å². The van der Waals surface area contributed by atoms with Crippen molar-refractivity contribution in [1.82, 2.24) is 0 Å². The summed E-state index contributed by atoms with van der Waals surface area (Å²) >= 11 is 0.